The number of ether oxygens (including phenoxy) is 4. The molecule has 0 unspecified atom stereocenters. The molecule has 0 saturated heterocycles. The number of nitrogens with zero attached hydrogens (tertiary/aromatic N) is 4. The summed E-state index contributed by atoms with van der Waals surface area (Å²) in [4.78, 5) is 43.9. The van der Waals surface area contributed by atoms with Crippen molar-refractivity contribution >= 4 is 22.7 Å². The molecule has 45 heavy (non-hydrogen) atoms. The predicted molar refractivity (Wildman–Crippen MR) is 157 cm³/mol. The predicted octanol–water partition coefficient (Wildman–Crippen LogP) is 5.92. The molecule has 4 rings (SSSR count). The van der Waals surface area contributed by atoms with Crippen LogP contribution in [0.15, 0.2) is 97.1 Å². The molecule has 0 fully saturated rings. The highest BCUT2D eigenvalue weighted by atomic mass is 16.6. The average molecular weight is 621 g/mol. The molecule has 0 radical (unpaired) electrons. The van der Waals surface area contributed by atoms with Crippen molar-refractivity contribution < 1.29 is 38.6 Å². The third kappa shape index (κ3) is 7.95. The maximum Gasteiger partial charge on any atom is 0.310 e. The fourth-order valence-corrected chi connectivity index (χ4v) is 4.09. The second kappa shape index (κ2) is 14.2. The smallest absolute Gasteiger partial charge is 0.310 e. The van der Waals surface area contributed by atoms with E-state index in [0.717, 1.165) is 0 Å². The molecule has 0 N–H and O–H groups in total. The second-order valence-electron chi connectivity index (χ2n) is 9.55. The van der Waals surface area contributed by atoms with E-state index < -0.39 is 51.5 Å². The molecule has 0 heterocycles. The summed E-state index contributed by atoms with van der Waals surface area (Å²) < 4.78 is 23.5. The lowest BCUT2D eigenvalue weighted by atomic mass is 9.92. The van der Waals surface area contributed by atoms with Gasteiger partial charge in [-0.15, -0.1) is 0 Å². The van der Waals surface area contributed by atoms with Crippen LogP contribution in [0.2, 0.25) is 0 Å². The Bertz CT molecular complexity index is 1460. The van der Waals surface area contributed by atoms with Crippen LogP contribution >= 0.6 is 0 Å². The SMILES string of the molecule is O=[N+]([O-])c1ccccc1OCC(COc1ccccc1[N+](=O)[O-])(COc1ccccc1[N+](=O)[O-])COc1ccccc1[N+](=O)[O-]. The van der Waals surface area contributed by atoms with Crippen LogP contribution in [0.4, 0.5) is 22.7 Å². The third-order valence-electron chi connectivity index (χ3n) is 6.38. The Labute approximate surface area is 253 Å². The van der Waals surface area contributed by atoms with E-state index in [1.54, 1.807) is 0 Å². The van der Waals surface area contributed by atoms with Gasteiger partial charge in [0, 0.05) is 24.3 Å². The lowest BCUT2D eigenvalue weighted by Crippen LogP contribution is -2.45. The van der Waals surface area contributed by atoms with E-state index in [4.69, 9.17) is 18.9 Å². The molecule has 4 aromatic rings. The minimum Gasteiger partial charge on any atom is -0.486 e. The van der Waals surface area contributed by atoms with Crippen LogP contribution in [0.1, 0.15) is 0 Å². The highest BCUT2D eigenvalue weighted by molar-refractivity contribution is 5.48. The topological polar surface area (TPSA) is 209 Å². The molecule has 0 aliphatic heterocycles. The molecule has 0 atom stereocenters. The molecule has 4 aromatic carbocycles. The molecule has 0 aromatic heterocycles. The number of hydrogen-bond donors (Lipinski definition) is 0. The zero-order valence-corrected chi connectivity index (χ0v) is 23.3. The van der Waals surface area contributed by atoms with E-state index in [9.17, 15) is 40.5 Å². The van der Waals surface area contributed by atoms with Crippen molar-refractivity contribution in [3.63, 3.8) is 0 Å². The number of rotatable bonds is 16. The molecule has 16 nitrogen and oxygen atoms in total. The largest absolute Gasteiger partial charge is 0.486 e. The molecule has 0 aliphatic rings. The normalized spacial score (nSPS) is 10.8. The first-order chi connectivity index (χ1) is 21.6. The molecule has 16 heteroatoms. The highest BCUT2D eigenvalue weighted by Crippen LogP contribution is 2.35. The zero-order valence-electron chi connectivity index (χ0n) is 23.3. The van der Waals surface area contributed by atoms with Crippen LogP contribution < -0.4 is 18.9 Å². The monoisotopic (exact) mass is 620 g/mol. The van der Waals surface area contributed by atoms with E-state index in [0.29, 0.717) is 0 Å². The maximum atomic E-state index is 11.6. The lowest BCUT2D eigenvalue weighted by molar-refractivity contribution is -0.386. The summed E-state index contributed by atoms with van der Waals surface area (Å²) >= 11 is 0. The summed E-state index contributed by atoms with van der Waals surface area (Å²) in [5.41, 5.74) is -3.02. The van der Waals surface area contributed by atoms with Gasteiger partial charge in [0.05, 0.1) is 19.7 Å². The molecule has 0 saturated carbocycles. The summed E-state index contributed by atoms with van der Waals surface area (Å²) in [6, 6.07) is 22.0. The van der Waals surface area contributed by atoms with Gasteiger partial charge < -0.3 is 18.9 Å². The van der Waals surface area contributed by atoms with Crippen molar-refractivity contribution in [2.75, 3.05) is 26.4 Å². The molecule has 232 valence electrons. The van der Waals surface area contributed by atoms with Gasteiger partial charge in [-0.05, 0) is 24.3 Å². The quantitative estimate of drug-likeness (QED) is 0.105. The number of para-hydroxylation sites is 8. The molecule has 0 amide bonds. The van der Waals surface area contributed by atoms with Crippen LogP contribution in [0, 0.1) is 45.9 Å². The Kier molecular flexibility index (Phi) is 10.00. The standard InChI is InChI=1S/C29H24N4O12/c34-30(35)21-9-1-5-13-25(21)42-17-29(18-43-26-14-6-2-10-22(26)31(36)37,19-44-27-15-7-3-11-23(27)32(38)39)20-45-28-16-8-4-12-24(28)33(40)41/h1-16H,17-20H2. The van der Waals surface area contributed by atoms with Crippen LogP contribution in [-0.2, 0) is 0 Å². The van der Waals surface area contributed by atoms with Gasteiger partial charge in [0.25, 0.3) is 0 Å². The first-order valence-electron chi connectivity index (χ1n) is 13.0. The van der Waals surface area contributed by atoms with Crippen LogP contribution in [0.5, 0.6) is 23.0 Å². The molecule has 0 spiro atoms. The third-order valence-corrected chi connectivity index (χ3v) is 6.38. The Hall–Kier alpha value is -6.32. The number of benzene rings is 4. The van der Waals surface area contributed by atoms with Crippen molar-refractivity contribution in [1.82, 2.24) is 0 Å². The Balaban J connectivity index is 1.76. The molecule has 0 bridgehead atoms. The number of nitro benzene ring substituents is 4. The number of nitro groups is 4. The van der Waals surface area contributed by atoms with Gasteiger partial charge in [-0.3, -0.25) is 40.5 Å². The Morgan fingerprint density at radius 2 is 0.600 bits per heavy atom. The van der Waals surface area contributed by atoms with Crippen molar-refractivity contribution in [2.24, 2.45) is 5.41 Å². The van der Waals surface area contributed by atoms with Crippen molar-refractivity contribution in [1.29, 1.82) is 0 Å². The van der Waals surface area contributed by atoms with E-state index >= 15 is 0 Å². The van der Waals surface area contributed by atoms with E-state index in [1.165, 1.54) is 97.1 Å². The summed E-state index contributed by atoms with van der Waals surface area (Å²) in [5.74, 6) is -0.578. The van der Waals surface area contributed by atoms with Crippen LogP contribution in [0.25, 0.3) is 0 Å². The summed E-state index contributed by atoms with van der Waals surface area (Å²) in [7, 11) is 0. The van der Waals surface area contributed by atoms with E-state index in [2.05, 4.69) is 0 Å². The van der Waals surface area contributed by atoms with Crippen molar-refractivity contribution in [3.8, 4) is 23.0 Å². The van der Waals surface area contributed by atoms with Crippen LogP contribution in [-0.4, -0.2) is 46.1 Å². The zero-order chi connectivity index (χ0) is 32.4. The number of hydrogen-bond acceptors (Lipinski definition) is 12. The first-order valence-corrected chi connectivity index (χ1v) is 13.0. The van der Waals surface area contributed by atoms with Gasteiger partial charge in [0.15, 0.2) is 23.0 Å². The van der Waals surface area contributed by atoms with Gasteiger partial charge in [-0.2, -0.15) is 0 Å². The first kappa shape index (κ1) is 31.6. The molecular formula is C29H24N4O12. The molecular weight excluding hydrogens is 596 g/mol. The van der Waals surface area contributed by atoms with E-state index in [-0.39, 0.29) is 45.7 Å². The van der Waals surface area contributed by atoms with Gasteiger partial charge in [0.1, 0.15) is 31.8 Å². The fraction of sp³-hybridized carbons (Fsp3) is 0.172. The van der Waals surface area contributed by atoms with Crippen molar-refractivity contribution in [3.05, 3.63) is 138 Å². The maximum absolute atomic E-state index is 11.6. The summed E-state index contributed by atoms with van der Waals surface area (Å²) in [5, 5.41) is 46.6. The highest BCUT2D eigenvalue weighted by Gasteiger charge is 2.38. The second-order valence-corrected chi connectivity index (χ2v) is 9.55. The van der Waals surface area contributed by atoms with Gasteiger partial charge in [-0.1, -0.05) is 48.5 Å². The summed E-state index contributed by atoms with van der Waals surface area (Å²) in [6.07, 6.45) is 0. The summed E-state index contributed by atoms with van der Waals surface area (Å²) in [6.45, 7) is -1.83. The van der Waals surface area contributed by atoms with Gasteiger partial charge in [0.2, 0.25) is 0 Å². The Morgan fingerprint density at radius 1 is 0.400 bits per heavy atom. The fourth-order valence-electron chi connectivity index (χ4n) is 4.09. The minimum atomic E-state index is -1.54. The van der Waals surface area contributed by atoms with E-state index in [1.807, 2.05) is 0 Å². The van der Waals surface area contributed by atoms with Gasteiger partial charge in [-0.25, -0.2) is 0 Å². The lowest BCUT2D eigenvalue weighted by Gasteiger charge is -2.32. The van der Waals surface area contributed by atoms with Gasteiger partial charge >= 0.3 is 22.7 Å². The minimum absolute atomic E-state index is 0.144. The molecule has 0 aliphatic carbocycles. The average Bonchev–Trinajstić information content (AvgIpc) is 3.04. The Morgan fingerprint density at radius 3 is 0.800 bits per heavy atom. The van der Waals surface area contributed by atoms with Crippen molar-refractivity contribution in [2.45, 2.75) is 0 Å². The van der Waals surface area contributed by atoms with Crippen LogP contribution in [0.3, 0.4) is 0 Å².